The number of alkyl carbamates (subject to hydrolysis) is 1. The van der Waals surface area contributed by atoms with Crippen LogP contribution in [0.1, 0.15) is 26.3 Å². The van der Waals surface area contributed by atoms with Crippen LogP contribution in [0.25, 0.3) is 0 Å². The van der Waals surface area contributed by atoms with Crippen LogP contribution in [0.2, 0.25) is 0 Å². The minimum Gasteiger partial charge on any atom is -0.444 e. The summed E-state index contributed by atoms with van der Waals surface area (Å²) in [5, 5.41) is 2.64. The Balaban J connectivity index is 1.64. The Morgan fingerprint density at radius 3 is 2.44 bits per heavy atom. The number of hydrogen-bond donors (Lipinski definition) is 1. The van der Waals surface area contributed by atoms with E-state index in [1.54, 1.807) is 25.7 Å². The molecule has 2 aliphatic rings. The fourth-order valence-electron chi connectivity index (χ4n) is 4.14. The van der Waals surface area contributed by atoms with Gasteiger partial charge < -0.3 is 15.0 Å². The number of benzene rings is 2. The molecule has 1 N–H and O–H groups in total. The van der Waals surface area contributed by atoms with Crippen LogP contribution in [0.15, 0.2) is 59.6 Å². The number of carbonyl (C=O) groups is 2. The number of anilines is 1. The SMILES string of the molecule is CC(C)(C)OC(=O)N[C@H](Cc1ccccc1)C(=O)N=C1S[C@H]2CS(=O)(=O)C[C@H]2N1c1ccc(F)cc1. The predicted octanol–water partition coefficient (Wildman–Crippen LogP) is 3.56. The highest BCUT2D eigenvalue weighted by molar-refractivity contribution is 8.16. The van der Waals surface area contributed by atoms with Gasteiger partial charge in [0.05, 0.1) is 17.5 Å². The molecule has 0 bridgehead atoms. The van der Waals surface area contributed by atoms with Crippen LogP contribution in [-0.2, 0) is 25.8 Å². The number of amides is 2. The van der Waals surface area contributed by atoms with Crippen molar-refractivity contribution in [3.05, 3.63) is 66.0 Å². The second kappa shape index (κ2) is 10.2. The van der Waals surface area contributed by atoms with E-state index in [9.17, 15) is 22.4 Å². The summed E-state index contributed by atoms with van der Waals surface area (Å²) in [6.45, 7) is 5.18. The number of fused-ring (bicyclic) bond motifs is 1. The summed E-state index contributed by atoms with van der Waals surface area (Å²) < 4.78 is 43.5. The summed E-state index contributed by atoms with van der Waals surface area (Å²) in [6.07, 6.45) is -0.549. The number of amidine groups is 1. The molecule has 192 valence electrons. The minimum absolute atomic E-state index is 0.0309. The number of hydrogen-bond acceptors (Lipinski definition) is 6. The van der Waals surface area contributed by atoms with Crippen molar-refractivity contribution in [3.63, 3.8) is 0 Å². The number of nitrogens with zero attached hydrogens (tertiary/aromatic N) is 2. The first-order valence-corrected chi connectivity index (χ1v) is 14.2. The maximum atomic E-state index is 13.6. The van der Waals surface area contributed by atoms with E-state index in [4.69, 9.17) is 4.74 Å². The Bertz CT molecular complexity index is 1260. The number of thioether (sulfide) groups is 1. The van der Waals surface area contributed by atoms with Gasteiger partial charge in [0.1, 0.15) is 17.5 Å². The summed E-state index contributed by atoms with van der Waals surface area (Å²) in [7, 11) is -3.25. The van der Waals surface area contributed by atoms with Crippen molar-refractivity contribution < 1.29 is 27.1 Å². The molecule has 8 nitrogen and oxygen atoms in total. The van der Waals surface area contributed by atoms with Gasteiger partial charge in [-0.15, -0.1) is 0 Å². The number of aliphatic imine (C=N–C) groups is 1. The third-order valence-corrected chi connectivity index (χ3v) is 8.86. The van der Waals surface area contributed by atoms with E-state index in [0.717, 1.165) is 5.56 Å². The monoisotopic (exact) mass is 533 g/mol. The second-order valence-corrected chi connectivity index (χ2v) is 13.1. The Labute approximate surface area is 214 Å². The number of rotatable bonds is 5. The van der Waals surface area contributed by atoms with Gasteiger partial charge in [-0.2, -0.15) is 4.99 Å². The number of carbonyl (C=O) groups excluding carboxylic acids is 2. The van der Waals surface area contributed by atoms with Gasteiger partial charge in [0.25, 0.3) is 5.91 Å². The molecule has 2 amide bonds. The zero-order chi connectivity index (χ0) is 26.1. The summed E-state index contributed by atoms with van der Waals surface area (Å²) >= 11 is 1.21. The molecular weight excluding hydrogens is 505 g/mol. The molecule has 0 spiro atoms. The molecule has 2 fully saturated rings. The van der Waals surface area contributed by atoms with Crippen molar-refractivity contribution in [2.45, 2.75) is 50.1 Å². The number of ether oxygens (including phenoxy) is 1. The zero-order valence-corrected chi connectivity index (χ0v) is 21.8. The molecule has 2 aliphatic heterocycles. The fraction of sp³-hybridized carbons (Fsp3) is 0.400. The highest BCUT2D eigenvalue weighted by atomic mass is 32.2. The topological polar surface area (TPSA) is 105 Å². The zero-order valence-electron chi connectivity index (χ0n) is 20.2. The van der Waals surface area contributed by atoms with Gasteiger partial charge >= 0.3 is 6.09 Å². The lowest BCUT2D eigenvalue weighted by molar-refractivity contribution is -0.119. The molecule has 36 heavy (non-hydrogen) atoms. The van der Waals surface area contributed by atoms with Gasteiger partial charge in [-0.1, -0.05) is 42.1 Å². The van der Waals surface area contributed by atoms with E-state index in [2.05, 4.69) is 10.3 Å². The smallest absolute Gasteiger partial charge is 0.408 e. The third-order valence-electron chi connectivity index (χ3n) is 5.65. The summed E-state index contributed by atoms with van der Waals surface area (Å²) in [5.74, 6) is -1.14. The molecule has 11 heteroatoms. The van der Waals surface area contributed by atoms with Crippen molar-refractivity contribution in [1.29, 1.82) is 0 Å². The van der Waals surface area contributed by atoms with E-state index >= 15 is 0 Å². The molecule has 4 rings (SSSR count). The first-order chi connectivity index (χ1) is 16.9. The maximum absolute atomic E-state index is 13.6. The van der Waals surface area contributed by atoms with Crippen molar-refractivity contribution >= 4 is 44.5 Å². The lowest BCUT2D eigenvalue weighted by Gasteiger charge is -2.25. The lowest BCUT2D eigenvalue weighted by atomic mass is 10.1. The Morgan fingerprint density at radius 2 is 1.81 bits per heavy atom. The Hall–Kier alpha value is -2.92. The molecule has 2 aromatic rings. The molecule has 3 atom stereocenters. The molecule has 0 radical (unpaired) electrons. The van der Waals surface area contributed by atoms with E-state index in [1.807, 2.05) is 30.3 Å². The van der Waals surface area contributed by atoms with Crippen LogP contribution in [0.3, 0.4) is 0 Å². The van der Waals surface area contributed by atoms with Crippen LogP contribution in [0.4, 0.5) is 14.9 Å². The molecule has 0 saturated carbocycles. The minimum atomic E-state index is -3.25. The second-order valence-electron chi connectivity index (χ2n) is 9.77. The standard InChI is InChI=1S/C25H28FN3O5S2/c1-25(2,3)34-24(31)27-19(13-16-7-5-4-6-8-16)22(30)28-23-29(18-11-9-17(26)10-12-18)20-14-36(32,33)15-21(20)35-23/h4-12,19-21H,13-15H2,1-3H3,(H,27,31)/t19-,20-,21+/m1/s1. The fourth-order valence-corrected chi connectivity index (χ4v) is 8.06. The quantitative estimate of drug-likeness (QED) is 0.627. The normalized spacial score (nSPS) is 22.8. The molecule has 0 aromatic heterocycles. The van der Waals surface area contributed by atoms with E-state index < -0.39 is 45.3 Å². The van der Waals surface area contributed by atoms with E-state index in [1.165, 1.54) is 36.0 Å². The number of nitrogens with one attached hydrogen (secondary N) is 1. The average Bonchev–Trinajstić information content (AvgIpc) is 3.24. The van der Waals surface area contributed by atoms with Crippen LogP contribution in [-0.4, -0.2) is 60.0 Å². The van der Waals surface area contributed by atoms with Crippen molar-refractivity contribution in [2.75, 3.05) is 16.4 Å². The summed E-state index contributed by atoms with van der Waals surface area (Å²) in [6, 6.07) is 13.4. The van der Waals surface area contributed by atoms with Crippen molar-refractivity contribution in [2.24, 2.45) is 4.99 Å². The van der Waals surface area contributed by atoms with E-state index in [-0.39, 0.29) is 23.2 Å². The van der Waals surface area contributed by atoms with Crippen molar-refractivity contribution in [1.82, 2.24) is 5.32 Å². The third kappa shape index (κ3) is 6.44. The molecule has 0 aliphatic carbocycles. The number of halogens is 1. The van der Waals surface area contributed by atoms with Crippen molar-refractivity contribution in [3.8, 4) is 0 Å². The van der Waals surface area contributed by atoms with Crippen LogP contribution in [0, 0.1) is 5.82 Å². The molecule has 0 unspecified atom stereocenters. The molecule has 2 heterocycles. The first kappa shape index (κ1) is 26.2. The van der Waals surface area contributed by atoms with Gasteiger partial charge in [0.2, 0.25) is 0 Å². The van der Waals surface area contributed by atoms with Crippen LogP contribution >= 0.6 is 11.8 Å². The van der Waals surface area contributed by atoms with Crippen LogP contribution in [0.5, 0.6) is 0 Å². The Kier molecular flexibility index (Phi) is 7.42. The molecule has 2 aromatic carbocycles. The van der Waals surface area contributed by atoms with E-state index in [0.29, 0.717) is 10.9 Å². The lowest BCUT2D eigenvalue weighted by Crippen LogP contribution is -2.45. The molecule has 2 saturated heterocycles. The first-order valence-electron chi connectivity index (χ1n) is 11.5. The van der Waals surface area contributed by atoms with Gasteiger partial charge in [-0.25, -0.2) is 17.6 Å². The predicted molar refractivity (Wildman–Crippen MR) is 138 cm³/mol. The average molecular weight is 534 g/mol. The Morgan fingerprint density at radius 1 is 1.14 bits per heavy atom. The largest absolute Gasteiger partial charge is 0.444 e. The van der Waals surface area contributed by atoms with Crippen LogP contribution < -0.4 is 10.2 Å². The summed E-state index contributed by atoms with van der Waals surface area (Å²) in [4.78, 5) is 31.9. The van der Waals surface area contributed by atoms with Gasteiger partial charge in [-0.3, -0.25) is 4.79 Å². The number of sulfone groups is 1. The van der Waals surface area contributed by atoms with Gasteiger partial charge in [0, 0.05) is 17.4 Å². The van der Waals surface area contributed by atoms with Gasteiger partial charge in [-0.05, 0) is 50.6 Å². The highest BCUT2D eigenvalue weighted by Gasteiger charge is 2.49. The summed E-state index contributed by atoms with van der Waals surface area (Å²) in [5.41, 5.74) is 0.615. The van der Waals surface area contributed by atoms with Gasteiger partial charge in [0.15, 0.2) is 15.0 Å². The molecular formula is C25H28FN3O5S2. The maximum Gasteiger partial charge on any atom is 0.408 e. The highest BCUT2D eigenvalue weighted by Crippen LogP contribution is 2.41.